The summed E-state index contributed by atoms with van der Waals surface area (Å²) in [5, 5.41) is 3.79. The van der Waals surface area contributed by atoms with Gasteiger partial charge in [-0.25, -0.2) is 13.4 Å². The molecule has 0 aliphatic heterocycles. The van der Waals surface area contributed by atoms with E-state index >= 15 is 0 Å². The number of benzene rings is 1. The molecule has 0 bridgehead atoms. The average Bonchev–Trinajstić information content (AvgIpc) is 2.51. The van der Waals surface area contributed by atoms with Gasteiger partial charge >= 0.3 is 0 Å². The van der Waals surface area contributed by atoms with Gasteiger partial charge in [-0.3, -0.25) is 4.72 Å². The Labute approximate surface area is 148 Å². The molecule has 0 aliphatic carbocycles. The van der Waals surface area contributed by atoms with Gasteiger partial charge in [-0.15, -0.1) is 0 Å². The molecule has 2 aromatic rings. The Bertz CT molecular complexity index is 790. The lowest BCUT2D eigenvalue weighted by molar-refractivity contribution is 0.601. The molecule has 0 amide bonds. The fraction of sp³-hybridized carbons (Fsp3) is 0.353. The van der Waals surface area contributed by atoms with Crippen LogP contribution in [-0.4, -0.2) is 19.9 Å². The molecule has 2 N–H and O–H groups in total. The molecule has 0 saturated carbocycles. The topological polar surface area (TPSA) is 71.1 Å². The van der Waals surface area contributed by atoms with Crippen molar-refractivity contribution in [3.8, 4) is 0 Å². The lowest BCUT2D eigenvalue weighted by Gasteiger charge is -2.10. The van der Waals surface area contributed by atoms with Gasteiger partial charge in [-0.1, -0.05) is 25.4 Å². The number of aryl methyl sites for hydroxylation is 1. The van der Waals surface area contributed by atoms with Crippen LogP contribution in [0.15, 0.2) is 41.4 Å². The Morgan fingerprint density at radius 3 is 2.54 bits per heavy atom. The summed E-state index contributed by atoms with van der Waals surface area (Å²) in [6.07, 6.45) is 2.68. The van der Waals surface area contributed by atoms with E-state index in [0.717, 1.165) is 18.7 Å². The van der Waals surface area contributed by atoms with Crippen LogP contribution in [0.1, 0.15) is 25.8 Å². The molecule has 1 heterocycles. The van der Waals surface area contributed by atoms with Crippen molar-refractivity contribution in [3.63, 3.8) is 0 Å². The summed E-state index contributed by atoms with van der Waals surface area (Å²) in [6.45, 7) is 6.94. The smallest absolute Gasteiger partial charge is 0.263 e. The molecule has 5 nitrogen and oxygen atoms in total. The normalized spacial score (nSPS) is 11.5. The standard InChI is InChI=1S/C17H22ClN3O2S/c1-12(2)8-9-19-14-4-7-17(20-11-14)21-24(22,23)15-5-6-16(18)13(3)10-15/h4-7,10-12,19H,8-9H2,1-3H3,(H,20,21). The van der Waals surface area contributed by atoms with E-state index in [0.29, 0.717) is 16.5 Å². The first-order chi connectivity index (χ1) is 11.3. The summed E-state index contributed by atoms with van der Waals surface area (Å²) in [5.74, 6) is 0.899. The molecule has 1 aromatic heterocycles. The summed E-state index contributed by atoms with van der Waals surface area (Å²) in [5.41, 5.74) is 1.57. The number of sulfonamides is 1. The second-order valence-electron chi connectivity index (χ2n) is 6.06. The Morgan fingerprint density at radius 1 is 1.21 bits per heavy atom. The molecular weight excluding hydrogens is 346 g/mol. The van der Waals surface area contributed by atoms with Crippen LogP contribution in [0.3, 0.4) is 0 Å². The first kappa shape index (κ1) is 18.5. The molecule has 24 heavy (non-hydrogen) atoms. The van der Waals surface area contributed by atoms with E-state index in [1.165, 1.54) is 12.1 Å². The van der Waals surface area contributed by atoms with Crippen LogP contribution in [0, 0.1) is 12.8 Å². The van der Waals surface area contributed by atoms with E-state index < -0.39 is 10.0 Å². The first-order valence-corrected chi connectivity index (χ1v) is 9.63. The van der Waals surface area contributed by atoms with Crippen molar-refractivity contribution in [1.29, 1.82) is 0 Å². The van der Waals surface area contributed by atoms with Crippen LogP contribution >= 0.6 is 11.6 Å². The minimum atomic E-state index is -3.69. The predicted molar refractivity (Wildman–Crippen MR) is 99.2 cm³/mol. The monoisotopic (exact) mass is 367 g/mol. The second kappa shape index (κ2) is 7.85. The number of hydrogen-bond acceptors (Lipinski definition) is 4. The molecule has 0 unspecified atom stereocenters. The van der Waals surface area contributed by atoms with Gasteiger partial charge in [0.25, 0.3) is 10.0 Å². The highest BCUT2D eigenvalue weighted by Crippen LogP contribution is 2.21. The third-order valence-electron chi connectivity index (χ3n) is 3.49. The van der Waals surface area contributed by atoms with Gasteiger partial charge in [-0.2, -0.15) is 0 Å². The molecule has 130 valence electrons. The largest absolute Gasteiger partial charge is 0.384 e. The van der Waals surface area contributed by atoms with Crippen molar-refractivity contribution in [2.24, 2.45) is 5.92 Å². The van der Waals surface area contributed by atoms with Gasteiger partial charge < -0.3 is 5.32 Å². The van der Waals surface area contributed by atoms with Crippen LogP contribution in [-0.2, 0) is 10.0 Å². The van der Waals surface area contributed by atoms with Crippen molar-refractivity contribution in [2.75, 3.05) is 16.6 Å². The van der Waals surface area contributed by atoms with Crippen LogP contribution in [0.5, 0.6) is 0 Å². The number of pyridine rings is 1. The van der Waals surface area contributed by atoms with Crippen LogP contribution in [0.4, 0.5) is 11.5 Å². The van der Waals surface area contributed by atoms with Crippen molar-refractivity contribution < 1.29 is 8.42 Å². The van der Waals surface area contributed by atoms with Gasteiger partial charge in [0.2, 0.25) is 0 Å². The van der Waals surface area contributed by atoms with Gasteiger partial charge in [-0.05, 0) is 55.2 Å². The van der Waals surface area contributed by atoms with E-state index in [-0.39, 0.29) is 10.7 Å². The van der Waals surface area contributed by atoms with E-state index in [9.17, 15) is 8.42 Å². The summed E-state index contributed by atoms with van der Waals surface area (Å²) >= 11 is 5.93. The number of rotatable bonds is 7. The number of halogens is 1. The summed E-state index contributed by atoms with van der Waals surface area (Å²) in [4.78, 5) is 4.31. The molecule has 0 atom stereocenters. The number of hydrogen-bond donors (Lipinski definition) is 2. The van der Waals surface area contributed by atoms with E-state index in [1.54, 1.807) is 31.3 Å². The lowest BCUT2D eigenvalue weighted by atomic mass is 10.1. The molecule has 0 radical (unpaired) electrons. The summed E-state index contributed by atoms with van der Waals surface area (Å²) < 4.78 is 27.2. The number of aromatic nitrogens is 1. The minimum Gasteiger partial charge on any atom is -0.384 e. The second-order valence-corrected chi connectivity index (χ2v) is 8.15. The summed E-state index contributed by atoms with van der Waals surface area (Å²) in [6, 6.07) is 8.02. The number of nitrogens with zero attached hydrogens (tertiary/aromatic N) is 1. The molecular formula is C17H22ClN3O2S. The molecule has 0 aliphatic rings. The third kappa shape index (κ3) is 5.11. The summed E-state index contributed by atoms with van der Waals surface area (Å²) in [7, 11) is -3.69. The highest BCUT2D eigenvalue weighted by atomic mass is 35.5. The zero-order valence-corrected chi connectivity index (χ0v) is 15.6. The van der Waals surface area contributed by atoms with E-state index in [2.05, 4.69) is 28.9 Å². The molecule has 0 saturated heterocycles. The van der Waals surface area contributed by atoms with Crippen molar-refractivity contribution in [3.05, 3.63) is 47.1 Å². The quantitative estimate of drug-likeness (QED) is 0.765. The minimum absolute atomic E-state index is 0.158. The molecule has 0 spiro atoms. The maximum Gasteiger partial charge on any atom is 0.263 e. The van der Waals surface area contributed by atoms with Crippen molar-refractivity contribution in [2.45, 2.75) is 32.1 Å². The lowest BCUT2D eigenvalue weighted by Crippen LogP contribution is -2.14. The average molecular weight is 368 g/mol. The Balaban J connectivity index is 2.05. The van der Waals surface area contributed by atoms with Gasteiger partial charge in [0.15, 0.2) is 0 Å². The molecule has 1 aromatic carbocycles. The van der Waals surface area contributed by atoms with Gasteiger partial charge in [0.05, 0.1) is 16.8 Å². The zero-order valence-electron chi connectivity index (χ0n) is 14.0. The van der Waals surface area contributed by atoms with Gasteiger partial charge in [0.1, 0.15) is 5.82 Å². The highest BCUT2D eigenvalue weighted by Gasteiger charge is 2.15. The first-order valence-electron chi connectivity index (χ1n) is 7.77. The Kier molecular flexibility index (Phi) is 6.07. The van der Waals surface area contributed by atoms with Crippen molar-refractivity contribution >= 4 is 33.1 Å². The zero-order chi connectivity index (χ0) is 17.7. The number of nitrogens with one attached hydrogen (secondary N) is 2. The fourth-order valence-electron chi connectivity index (χ4n) is 2.04. The van der Waals surface area contributed by atoms with E-state index in [1.807, 2.05) is 0 Å². The van der Waals surface area contributed by atoms with Crippen molar-refractivity contribution in [1.82, 2.24) is 4.98 Å². The van der Waals surface area contributed by atoms with Crippen LogP contribution in [0.25, 0.3) is 0 Å². The van der Waals surface area contributed by atoms with E-state index in [4.69, 9.17) is 11.6 Å². The molecule has 2 rings (SSSR count). The highest BCUT2D eigenvalue weighted by molar-refractivity contribution is 7.92. The predicted octanol–water partition coefficient (Wildman–Crippen LogP) is 4.30. The van der Waals surface area contributed by atoms with Crippen LogP contribution < -0.4 is 10.0 Å². The Hall–Kier alpha value is -1.79. The Morgan fingerprint density at radius 2 is 1.96 bits per heavy atom. The van der Waals surface area contributed by atoms with Gasteiger partial charge in [0, 0.05) is 11.6 Å². The van der Waals surface area contributed by atoms with Crippen LogP contribution in [0.2, 0.25) is 5.02 Å². The maximum absolute atomic E-state index is 12.4. The third-order valence-corrected chi connectivity index (χ3v) is 5.27. The molecule has 0 fully saturated rings. The maximum atomic E-state index is 12.4. The molecule has 7 heteroatoms. The SMILES string of the molecule is Cc1cc(S(=O)(=O)Nc2ccc(NCCC(C)C)cn2)ccc1Cl. The number of anilines is 2. The fourth-order valence-corrected chi connectivity index (χ4v) is 3.26.